The number of nitrogen functional groups attached to an aromatic ring is 1. The van der Waals surface area contributed by atoms with Gasteiger partial charge in [-0.3, -0.25) is 4.57 Å². The van der Waals surface area contributed by atoms with Gasteiger partial charge in [0.2, 0.25) is 0 Å². The van der Waals surface area contributed by atoms with Crippen LogP contribution in [0.1, 0.15) is 11.1 Å². The van der Waals surface area contributed by atoms with E-state index in [0.29, 0.717) is 23.5 Å². The van der Waals surface area contributed by atoms with Gasteiger partial charge in [0.15, 0.2) is 11.2 Å². The van der Waals surface area contributed by atoms with E-state index in [0.717, 1.165) is 11.1 Å². The molecule has 0 atom stereocenters. The van der Waals surface area contributed by atoms with Gasteiger partial charge in [-0.25, -0.2) is 9.78 Å². The van der Waals surface area contributed by atoms with Crippen LogP contribution in [0.5, 0.6) is 0 Å². The summed E-state index contributed by atoms with van der Waals surface area (Å²) in [6, 6.07) is 9.12. The minimum Gasteiger partial charge on any atom is -0.406 e. The largest absolute Gasteiger partial charge is 0.421 e. The molecule has 0 radical (unpaired) electrons. The number of oxazole rings is 1. The lowest BCUT2D eigenvalue weighted by Gasteiger charge is -2.08. The quantitative estimate of drug-likeness (QED) is 0.710. The first-order chi connectivity index (χ1) is 9.16. The molecule has 96 valence electrons. The van der Waals surface area contributed by atoms with Gasteiger partial charge in [-0.2, -0.15) is 0 Å². The number of nitrogens with two attached hydrogens (primary N) is 1. The zero-order valence-corrected chi connectivity index (χ0v) is 10.5. The smallest absolute Gasteiger partial charge is 0.406 e. The third-order valence-corrected chi connectivity index (χ3v) is 3.24. The van der Waals surface area contributed by atoms with E-state index >= 15 is 0 Å². The first-order valence-electron chi connectivity index (χ1n) is 5.95. The van der Waals surface area contributed by atoms with E-state index in [9.17, 15) is 4.79 Å². The van der Waals surface area contributed by atoms with Crippen LogP contribution in [0.25, 0.3) is 11.2 Å². The van der Waals surface area contributed by atoms with Crippen molar-refractivity contribution in [2.24, 2.45) is 0 Å². The van der Waals surface area contributed by atoms with E-state index in [2.05, 4.69) is 4.98 Å². The molecule has 1 aromatic carbocycles. The first kappa shape index (κ1) is 11.5. The van der Waals surface area contributed by atoms with E-state index in [1.165, 1.54) is 4.57 Å². The highest BCUT2D eigenvalue weighted by Gasteiger charge is 2.11. The van der Waals surface area contributed by atoms with E-state index in [1.807, 2.05) is 25.1 Å². The number of rotatable bonds is 2. The Bertz CT molecular complexity index is 802. The van der Waals surface area contributed by atoms with Crippen LogP contribution in [-0.2, 0) is 6.54 Å². The summed E-state index contributed by atoms with van der Waals surface area (Å²) in [6.07, 6.45) is 1.64. The average molecular weight is 255 g/mol. The molecule has 0 unspecified atom stereocenters. The van der Waals surface area contributed by atoms with Crippen molar-refractivity contribution in [2.45, 2.75) is 13.5 Å². The SMILES string of the molecule is Cc1c(N)cccc1Cn1c(=O)oc2cccnc21. The van der Waals surface area contributed by atoms with Crippen molar-refractivity contribution in [2.75, 3.05) is 5.73 Å². The van der Waals surface area contributed by atoms with Crippen molar-refractivity contribution in [3.05, 3.63) is 58.2 Å². The van der Waals surface area contributed by atoms with Gasteiger partial charge in [-0.1, -0.05) is 12.1 Å². The molecule has 3 rings (SSSR count). The summed E-state index contributed by atoms with van der Waals surface area (Å²) in [5, 5.41) is 0. The molecule has 5 nitrogen and oxygen atoms in total. The van der Waals surface area contributed by atoms with Crippen molar-refractivity contribution < 1.29 is 4.42 Å². The summed E-state index contributed by atoms with van der Waals surface area (Å²) in [5.74, 6) is -0.407. The Morgan fingerprint density at radius 2 is 2.16 bits per heavy atom. The molecule has 0 saturated carbocycles. The number of anilines is 1. The minimum atomic E-state index is -0.407. The van der Waals surface area contributed by atoms with Crippen LogP contribution in [0.3, 0.4) is 0 Å². The predicted molar refractivity (Wildman–Crippen MR) is 73.0 cm³/mol. The summed E-state index contributed by atoms with van der Waals surface area (Å²) >= 11 is 0. The fraction of sp³-hybridized carbons (Fsp3) is 0.143. The van der Waals surface area contributed by atoms with Crippen molar-refractivity contribution in [3.63, 3.8) is 0 Å². The third-order valence-electron chi connectivity index (χ3n) is 3.24. The second-order valence-electron chi connectivity index (χ2n) is 4.41. The van der Waals surface area contributed by atoms with Crippen LogP contribution in [0.2, 0.25) is 0 Å². The van der Waals surface area contributed by atoms with E-state index in [1.54, 1.807) is 18.3 Å². The summed E-state index contributed by atoms with van der Waals surface area (Å²) < 4.78 is 6.67. The van der Waals surface area contributed by atoms with Crippen LogP contribution in [0, 0.1) is 6.92 Å². The maximum atomic E-state index is 11.9. The molecule has 0 saturated heterocycles. The summed E-state index contributed by atoms with van der Waals surface area (Å²) in [4.78, 5) is 16.1. The molecule has 0 bridgehead atoms. The highest BCUT2D eigenvalue weighted by molar-refractivity contribution is 5.67. The first-order valence-corrected chi connectivity index (χ1v) is 5.95. The zero-order chi connectivity index (χ0) is 13.4. The van der Waals surface area contributed by atoms with Gasteiger partial charge in [0.1, 0.15) is 0 Å². The maximum absolute atomic E-state index is 11.9. The van der Waals surface area contributed by atoms with Crippen LogP contribution in [0.15, 0.2) is 45.7 Å². The highest BCUT2D eigenvalue weighted by Crippen LogP contribution is 2.18. The number of fused-ring (bicyclic) bond motifs is 1. The molecule has 0 aliphatic carbocycles. The molecular formula is C14H13N3O2. The molecule has 3 aromatic rings. The minimum absolute atomic E-state index is 0.402. The fourth-order valence-corrected chi connectivity index (χ4v) is 2.08. The van der Waals surface area contributed by atoms with Gasteiger partial charge < -0.3 is 10.2 Å². The van der Waals surface area contributed by atoms with Crippen molar-refractivity contribution >= 4 is 16.9 Å². The molecule has 2 N–H and O–H groups in total. The molecule has 5 heteroatoms. The van der Waals surface area contributed by atoms with Gasteiger partial charge in [-0.05, 0) is 36.2 Å². The van der Waals surface area contributed by atoms with Crippen molar-refractivity contribution in [3.8, 4) is 0 Å². The topological polar surface area (TPSA) is 74.0 Å². The average Bonchev–Trinajstić information content (AvgIpc) is 2.72. The Morgan fingerprint density at radius 1 is 1.32 bits per heavy atom. The molecule has 0 aliphatic heterocycles. The van der Waals surface area contributed by atoms with Crippen molar-refractivity contribution in [1.29, 1.82) is 0 Å². The highest BCUT2D eigenvalue weighted by atomic mass is 16.4. The molecule has 19 heavy (non-hydrogen) atoms. The van der Waals surface area contributed by atoms with Gasteiger partial charge in [0.05, 0.1) is 6.54 Å². The standard InChI is InChI=1S/C14H13N3O2/c1-9-10(4-2-5-11(9)15)8-17-13-12(19-14(17)18)6-3-7-16-13/h2-7H,8,15H2,1H3. The summed E-state index contributed by atoms with van der Waals surface area (Å²) in [7, 11) is 0. The van der Waals surface area contributed by atoms with Crippen LogP contribution in [-0.4, -0.2) is 9.55 Å². The van der Waals surface area contributed by atoms with Gasteiger partial charge in [0, 0.05) is 11.9 Å². The predicted octanol–water partition coefficient (Wildman–Crippen LogP) is 1.93. The Hall–Kier alpha value is -2.56. The van der Waals surface area contributed by atoms with Crippen LogP contribution >= 0.6 is 0 Å². The van der Waals surface area contributed by atoms with E-state index in [-0.39, 0.29) is 0 Å². The molecule has 2 aromatic heterocycles. The number of nitrogens with zero attached hydrogens (tertiary/aromatic N) is 2. The third kappa shape index (κ3) is 1.89. The Morgan fingerprint density at radius 3 is 3.00 bits per heavy atom. The van der Waals surface area contributed by atoms with Gasteiger partial charge >= 0.3 is 5.76 Å². The lowest BCUT2D eigenvalue weighted by atomic mass is 10.1. The molecule has 0 fully saturated rings. The summed E-state index contributed by atoms with van der Waals surface area (Å²) in [5.41, 5.74) is 9.59. The van der Waals surface area contributed by atoms with Crippen molar-refractivity contribution in [1.82, 2.24) is 9.55 Å². The summed E-state index contributed by atoms with van der Waals surface area (Å²) in [6.45, 7) is 2.34. The number of aromatic nitrogens is 2. The van der Waals surface area contributed by atoms with E-state index < -0.39 is 5.76 Å². The second kappa shape index (κ2) is 4.28. The fourth-order valence-electron chi connectivity index (χ4n) is 2.08. The second-order valence-corrected chi connectivity index (χ2v) is 4.41. The lowest BCUT2D eigenvalue weighted by Crippen LogP contribution is -2.16. The Labute approximate surface area is 109 Å². The number of benzene rings is 1. The van der Waals surface area contributed by atoms with E-state index in [4.69, 9.17) is 10.2 Å². The molecule has 0 amide bonds. The number of hydrogen-bond donors (Lipinski definition) is 1. The lowest BCUT2D eigenvalue weighted by molar-refractivity contribution is 0.517. The monoisotopic (exact) mass is 255 g/mol. The molecule has 0 aliphatic rings. The Kier molecular flexibility index (Phi) is 2.59. The molecule has 2 heterocycles. The normalized spacial score (nSPS) is 11.0. The molecular weight excluding hydrogens is 242 g/mol. The Balaban J connectivity index is 2.13. The van der Waals surface area contributed by atoms with Crippen LogP contribution in [0.4, 0.5) is 5.69 Å². The maximum Gasteiger partial charge on any atom is 0.421 e. The van der Waals surface area contributed by atoms with Gasteiger partial charge in [0.25, 0.3) is 0 Å². The zero-order valence-electron chi connectivity index (χ0n) is 10.5. The number of pyridine rings is 1. The molecule has 0 spiro atoms. The van der Waals surface area contributed by atoms with Gasteiger partial charge in [-0.15, -0.1) is 0 Å². The number of hydrogen-bond acceptors (Lipinski definition) is 4. The van der Waals surface area contributed by atoms with Crippen LogP contribution < -0.4 is 11.5 Å².